The van der Waals surface area contributed by atoms with Crippen molar-refractivity contribution in [3.8, 4) is 0 Å². The largest absolute Gasteiger partial charge is 0.481 e. The molecule has 0 bridgehead atoms. The quantitative estimate of drug-likeness (QED) is 0.687. The molecule has 0 aromatic carbocycles. The van der Waals surface area contributed by atoms with Crippen LogP contribution in [0.15, 0.2) is 0 Å². The lowest BCUT2D eigenvalue weighted by Gasteiger charge is -1.89. The minimum atomic E-state index is -0.837. The van der Waals surface area contributed by atoms with Gasteiger partial charge in [-0.1, -0.05) is 0 Å². The predicted molar refractivity (Wildman–Crippen MR) is 64.3 cm³/mol. The monoisotopic (exact) mass is 260 g/mol. The molecule has 0 saturated heterocycles. The minimum absolute atomic E-state index is 0.0521. The predicted octanol–water partition coefficient (Wildman–Crippen LogP) is 1.66. The smallest absolute Gasteiger partial charge is 0.303 e. The summed E-state index contributed by atoms with van der Waals surface area (Å²) in [5.74, 6) is -1.57. The third kappa shape index (κ3) is 23.8. The van der Waals surface area contributed by atoms with Gasteiger partial charge in [-0.15, -0.1) is 0 Å². The summed E-state index contributed by atoms with van der Waals surface area (Å²) in [6, 6.07) is 0. The average molecular weight is 260 g/mol. The third-order valence-electron chi connectivity index (χ3n) is 1.84. The first kappa shape index (κ1) is 18.6. The van der Waals surface area contributed by atoms with Crippen molar-refractivity contribution in [3.63, 3.8) is 0 Å². The van der Waals surface area contributed by atoms with Gasteiger partial charge in [-0.25, -0.2) is 0 Å². The Kier molecular flexibility index (Phi) is 12.2. The Hall–Kier alpha value is -1.72. The number of rotatable bonds is 8. The molecule has 0 amide bonds. The Bertz CT molecular complexity index is 237. The number of carboxylic acids is 2. The van der Waals surface area contributed by atoms with E-state index in [1.54, 1.807) is 0 Å². The Morgan fingerprint density at radius 2 is 0.944 bits per heavy atom. The van der Waals surface area contributed by atoms with Crippen molar-refractivity contribution < 1.29 is 29.4 Å². The lowest BCUT2D eigenvalue weighted by molar-refractivity contribution is -0.138. The fraction of sp³-hybridized carbons (Fsp3) is 0.667. The molecule has 0 aromatic rings. The number of carbonyl (C=O) groups excluding carboxylic acids is 2. The van der Waals surface area contributed by atoms with Gasteiger partial charge in [0.1, 0.15) is 11.6 Å². The Morgan fingerprint density at radius 1 is 0.667 bits per heavy atom. The van der Waals surface area contributed by atoms with Crippen LogP contribution in [0.4, 0.5) is 0 Å². The number of Topliss-reactive ketones (excluding diaryl/α,β-unsaturated/α-hetero) is 2. The molecule has 0 rings (SSSR count). The Morgan fingerprint density at radius 3 is 1.11 bits per heavy atom. The van der Waals surface area contributed by atoms with Crippen LogP contribution in [0.1, 0.15) is 52.4 Å². The van der Waals surface area contributed by atoms with Crippen LogP contribution in [-0.4, -0.2) is 33.7 Å². The fourth-order valence-corrected chi connectivity index (χ4v) is 0.977. The van der Waals surface area contributed by atoms with Gasteiger partial charge in [-0.05, 0) is 26.7 Å². The van der Waals surface area contributed by atoms with Crippen LogP contribution < -0.4 is 0 Å². The molecule has 0 saturated carbocycles. The summed E-state index contributed by atoms with van der Waals surface area (Å²) in [4.78, 5) is 40.2. The summed E-state index contributed by atoms with van der Waals surface area (Å²) >= 11 is 0. The lowest BCUT2D eigenvalue weighted by Crippen LogP contribution is -1.96. The number of hydrogen-bond donors (Lipinski definition) is 2. The van der Waals surface area contributed by atoms with E-state index in [-0.39, 0.29) is 24.4 Å². The Labute approximate surface area is 106 Å². The number of aliphatic carboxylic acids is 2. The number of carbonyl (C=O) groups is 4. The van der Waals surface area contributed by atoms with Gasteiger partial charge in [0.25, 0.3) is 0 Å². The summed E-state index contributed by atoms with van der Waals surface area (Å²) in [6.45, 7) is 2.92. The number of carboxylic acid groups (broad SMARTS) is 2. The second-order valence-corrected chi connectivity index (χ2v) is 3.90. The van der Waals surface area contributed by atoms with Crippen LogP contribution in [0.2, 0.25) is 0 Å². The molecule has 0 heterocycles. The SMILES string of the molecule is CC(=O)CCCC(=O)O.CC(=O)CCCC(=O)O. The second-order valence-electron chi connectivity index (χ2n) is 3.90. The van der Waals surface area contributed by atoms with Gasteiger partial charge in [-0.2, -0.15) is 0 Å². The van der Waals surface area contributed by atoms with Gasteiger partial charge in [0.15, 0.2) is 0 Å². The highest BCUT2D eigenvalue weighted by molar-refractivity contribution is 5.76. The zero-order valence-electron chi connectivity index (χ0n) is 10.8. The first-order valence-corrected chi connectivity index (χ1v) is 5.68. The molecule has 0 atom stereocenters. The molecule has 6 heteroatoms. The van der Waals surface area contributed by atoms with E-state index in [9.17, 15) is 19.2 Å². The molecule has 2 N–H and O–H groups in total. The van der Waals surface area contributed by atoms with Crippen molar-refractivity contribution in [3.05, 3.63) is 0 Å². The topological polar surface area (TPSA) is 109 Å². The van der Waals surface area contributed by atoms with E-state index in [0.29, 0.717) is 25.7 Å². The number of hydrogen-bond acceptors (Lipinski definition) is 4. The molecular weight excluding hydrogens is 240 g/mol. The van der Waals surface area contributed by atoms with Gasteiger partial charge >= 0.3 is 11.9 Å². The van der Waals surface area contributed by atoms with E-state index in [2.05, 4.69) is 0 Å². The van der Waals surface area contributed by atoms with E-state index in [4.69, 9.17) is 10.2 Å². The summed E-state index contributed by atoms with van der Waals surface area (Å²) in [5, 5.41) is 16.2. The van der Waals surface area contributed by atoms with E-state index >= 15 is 0 Å². The average Bonchev–Trinajstić information content (AvgIpc) is 2.15. The summed E-state index contributed by atoms with van der Waals surface area (Å²) in [7, 11) is 0. The highest BCUT2D eigenvalue weighted by Crippen LogP contribution is 1.95. The fourth-order valence-electron chi connectivity index (χ4n) is 0.977. The maximum absolute atomic E-state index is 10.2. The van der Waals surface area contributed by atoms with Gasteiger partial charge in [0.2, 0.25) is 0 Å². The van der Waals surface area contributed by atoms with E-state index in [1.165, 1.54) is 13.8 Å². The lowest BCUT2D eigenvalue weighted by atomic mass is 10.2. The maximum atomic E-state index is 10.2. The van der Waals surface area contributed by atoms with Crippen LogP contribution in [0.5, 0.6) is 0 Å². The third-order valence-corrected chi connectivity index (χ3v) is 1.84. The first-order chi connectivity index (χ1) is 8.25. The van der Waals surface area contributed by atoms with Crippen molar-refractivity contribution >= 4 is 23.5 Å². The zero-order valence-corrected chi connectivity index (χ0v) is 10.8. The van der Waals surface area contributed by atoms with Crippen molar-refractivity contribution in [2.75, 3.05) is 0 Å². The van der Waals surface area contributed by atoms with Gasteiger partial charge in [0.05, 0.1) is 0 Å². The van der Waals surface area contributed by atoms with Crippen LogP contribution in [0, 0.1) is 0 Å². The molecule has 0 fully saturated rings. The molecule has 0 aliphatic rings. The van der Waals surface area contributed by atoms with Gasteiger partial charge < -0.3 is 19.8 Å². The molecule has 0 aliphatic carbocycles. The zero-order chi connectivity index (χ0) is 14.6. The molecular formula is C12H20O6. The van der Waals surface area contributed by atoms with Crippen LogP contribution in [0.25, 0.3) is 0 Å². The summed E-state index contributed by atoms with van der Waals surface area (Å²) < 4.78 is 0. The first-order valence-electron chi connectivity index (χ1n) is 5.68. The molecule has 0 unspecified atom stereocenters. The molecule has 18 heavy (non-hydrogen) atoms. The maximum Gasteiger partial charge on any atom is 0.303 e. The Balaban J connectivity index is 0. The van der Waals surface area contributed by atoms with Crippen molar-refractivity contribution in [1.82, 2.24) is 0 Å². The molecule has 0 aliphatic heterocycles. The van der Waals surface area contributed by atoms with E-state index in [0.717, 1.165) is 0 Å². The molecule has 104 valence electrons. The summed E-state index contributed by atoms with van der Waals surface area (Å²) in [5.41, 5.74) is 0. The standard InChI is InChI=1S/2C6H10O3/c2*1-5(7)3-2-4-6(8)9/h2*2-4H2,1H3,(H,8,9). The normalized spacial score (nSPS) is 9.00. The van der Waals surface area contributed by atoms with Crippen molar-refractivity contribution in [1.29, 1.82) is 0 Å². The van der Waals surface area contributed by atoms with Crippen molar-refractivity contribution in [2.45, 2.75) is 52.4 Å². The number of ketones is 2. The van der Waals surface area contributed by atoms with Gasteiger partial charge in [0, 0.05) is 25.7 Å². The van der Waals surface area contributed by atoms with E-state index < -0.39 is 11.9 Å². The second kappa shape index (κ2) is 11.8. The summed E-state index contributed by atoms with van der Waals surface area (Å²) in [6.07, 6.45) is 1.88. The van der Waals surface area contributed by atoms with Crippen LogP contribution in [0.3, 0.4) is 0 Å². The molecule has 6 nitrogen and oxygen atoms in total. The van der Waals surface area contributed by atoms with Crippen LogP contribution in [-0.2, 0) is 19.2 Å². The highest BCUT2D eigenvalue weighted by atomic mass is 16.4. The van der Waals surface area contributed by atoms with Crippen molar-refractivity contribution in [2.24, 2.45) is 0 Å². The molecule has 0 radical (unpaired) electrons. The van der Waals surface area contributed by atoms with Gasteiger partial charge in [-0.3, -0.25) is 9.59 Å². The van der Waals surface area contributed by atoms with Crippen LogP contribution >= 0.6 is 0 Å². The minimum Gasteiger partial charge on any atom is -0.481 e. The molecule has 0 spiro atoms. The molecule has 0 aromatic heterocycles. The van der Waals surface area contributed by atoms with E-state index in [1.807, 2.05) is 0 Å². The highest BCUT2D eigenvalue weighted by Gasteiger charge is 1.98.